The normalized spacial score (nSPS) is 10.8. The van der Waals surface area contributed by atoms with E-state index in [-0.39, 0.29) is 0 Å². The maximum absolute atomic E-state index is 4.51. The molecule has 20 heavy (non-hydrogen) atoms. The van der Waals surface area contributed by atoms with Gasteiger partial charge >= 0.3 is 0 Å². The molecule has 0 spiro atoms. The number of nitrogens with one attached hydrogen (secondary N) is 2. The minimum absolute atomic E-state index is 0.631. The Morgan fingerprint density at radius 2 is 1.90 bits per heavy atom. The standard InChI is InChI=1S/C15H16N4S/c1-9-4-5-11(8-10(9)2)17-13-12-6-7-20-14(12)19-15(16-3)18-13/h4-8H,1-3H3,(H2,16,17,18,19). The van der Waals surface area contributed by atoms with E-state index in [0.29, 0.717) is 5.95 Å². The van der Waals surface area contributed by atoms with E-state index in [1.807, 2.05) is 18.5 Å². The number of rotatable bonds is 3. The van der Waals surface area contributed by atoms with Crippen molar-refractivity contribution in [2.75, 3.05) is 17.7 Å². The molecule has 0 saturated carbocycles. The van der Waals surface area contributed by atoms with Crippen LogP contribution in [0.15, 0.2) is 29.6 Å². The molecule has 2 heterocycles. The van der Waals surface area contributed by atoms with E-state index < -0.39 is 0 Å². The molecule has 0 fully saturated rings. The van der Waals surface area contributed by atoms with Crippen molar-refractivity contribution in [3.63, 3.8) is 0 Å². The number of fused-ring (bicyclic) bond motifs is 1. The largest absolute Gasteiger partial charge is 0.357 e. The van der Waals surface area contributed by atoms with Crippen LogP contribution in [0.1, 0.15) is 11.1 Å². The lowest BCUT2D eigenvalue weighted by Gasteiger charge is -2.10. The predicted molar refractivity (Wildman–Crippen MR) is 86.2 cm³/mol. The number of thiophene rings is 1. The van der Waals surface area contributed by atoms with Crippen LogP contribution < -0.4 is 10.6 Å². The highest BCUT2D eigenvalue weighted by atomic mass is 32.1. The molecule has 1 aromatic carbocycles. The second kappa shape index (κ2) is 5.09. The molecule has 5 heteroatoms. The first-order chi connectivity index (χ1) is 9.67. The lowest BCUT2D eigenvalue weighted by Crippen LogP contribution is -2.01. The second-order valence-corrected chi connectivity index (χ2v) is 5.60. The van der Waals surface area contributed by atoms with Crippen LogP contribution >= 0.6 is 11.3 Å². The number of hydrogen-bond acceptors (Lipinski definition) is 5. The van der Waals surface area contributed by atoms with Crippen LogP contribution in [0.2, 0.25) is 0 Å². The van der Waals surface area contributed by atoms with Gasteiger partial charge in [0.25, 0.3) is 0 Å². The summed E-state index contributed by atoms with van der Waals surface area (Å²) in [5, 5.41) is 9.47. The summed E-state index contributed by atoms with van der Waals surface area (Å²) < 4.78 is 0. The molecule has 2 N–H and O–H groups in total. The van der Waals surface area contributed by atoms with Crippen LogP contribution in [0, 0.1) is 13.8 Å². The zero-order valence-corrected chi connectivity index (χ0v) is 12.5. The van der Waals surface area contributed by atoms with Crippen molar-refractivity contribution >= 4 is 39.0 Å². The highest BCUT2D eigenvalue weighted by molar-refractivity contribution is 7.16. The predicted octanol–water partition coefficient (Wildman–Crippen LogP) is 4.09. The summed E-state index contributed by atoms with van der Waals surface area (Å²) in [4.78, 5) is 9.94. The third kappa shape index (κ3) is 2.32. The molecule has 2 aromatic heterocycles. The molecule has 102 valence electrons. The zero-order valence-electron chi connectivity index (χ0n) is 11.7. The Morgan fingerprint density at radius 3 is 2.65 bits per heavy atom. The number of nitrogens with zero attached hydrogens (tertiary/aromatic N) is 2. The monoisotopic (exact) mass is 284 g/mol. The number of benzene rings is 1. The van der Waals surface area contributed by atoms with Crippen LogP contribution in [0.3, 0.4) is 0 Å². The van der Waals surface area contributed by atoms with Gasteiger partial charge in [0.15, 0.2) is 0 Å². The molecule has 0 unspecified atom stereocenters. The van der Waals surface area contributed by atoms with E-state index in [0.717, 1.165) is 21.7 Å². The quantitative estimate of drug-likeness (QED) is 0.760. The Morgan fingerprint density at radius 1 is 1.05 bits per heavy atom. The molecule has 3 aromatic rings. The summed E-state index contributed by atoms with van der Waals surface area (Å²) in [6.07, 6.45) is 0. The van der Waals surface area contributed by atoms with Gasteiger partial charge in [-0.1, -0.05) is 6.07 Å². The average molecular weight is 284 g/mol. The van der Waals surface area contributed by atoms with E-state index >= 15 is 0 Å². The zero-order chi connectivity index (χ0) is 14.1. The maximum Gasteiger partial charge on any atom is 0.225 e. The molecular formula is C15H16N4S. The number of hydrogen-bond donors (Lipinski definition) is 2. The van der Waals surface area contributed by atoms with E-state index in [4.69, 9.17) is 0 Å². The van der Waals surface area contributed by atoms with Gasteiger partial charge in [0.05, 0.1) is 5.39 Å². The van der Waals surface area contributed by atoms with Crippen LogP contribution in [-0.4, -0.2) is 17.0 Å². The Balaban J connectivity index is 2.04. The maximum atomic E-state index is 4.51. The first kappa shape index (κ1) is 12.9. The molecule has 0 aliphatic carbocycles. The third-order valence-corrected chi connectivity index (χ3v) is 4.12. The van der Waals surface area contributed by atoms with Gasteiger partial charge in [-0.2, -0.15) is 4.98 Å². The fraction of sp³-hybridized carbons (Fsp3) is 0.200. The molecule has 0 radical (unpaired) electrons. The van der Waals surface area contributed by atoms with Gasteiger partial charge in [0.2, 0.25) is 5.95 Å². The molecule has 0 atom stereocenters. The second-order valence-electron chi connectivity index (χ2n) is 4.71. The fourth-order valence-electron chi connectivity index (χ4n) is 2.02. The SMILES string of the molecule is CNc1nc(Nc2ccc(C)c(C)c2)c2ccsc2n1. The van der Waals surface area contributed by atoms with Gasteiger partial charge in [-0.3, -0.25) is 0 Å². The molecule has 0 saturated heterocycles. The first-order valence-electron chi connectivity index (χ1n) is 6.44. The van der Waals surface area contributed by atoms with E-state index in [2.05, 4.69) is 52.6 Å². The van der Waals surface area contributed by atoms with E-state index in [9.17, 15) is 0 Å². The summed E-state index contributed by atoms with van der Waals surface area (Å²) in [7, 11) is 1.83. The molecular weight excluding hydrogens is 268 g/mol. The highest BCUT2D eigenvalue weighted by Crippen LogP contribution is 2.29. The van der Waals surface area contributed by atoms with Crippen molar-refractivity contribution in [3.05, 3.63) is 40.8 Å². The summed E-state index contributed by atoms with van der Waals surface area (Å²) in [6, 6.07) is 8.36. The van der Waals surface area contributed by atoms with Crippen LogP contribution in [0.25, 0.3) is 10.2 Å². The van der Waals surface area contributed by atoms with Crippen molar-refractivity contribution < 1.29 is 0 Å². The topological polar surface area (TPSA) is 49.8 Å². The Kier molecular flexibility index (Phi) is 3.28. The van der Waals surface area contributed by atoms with Crippen molar-refractivity contribution in [3.8, 4) is 0 Å². The van der Waals surface area contributed by atoms with Crippen molar-refractivity contribution in [2.45, 2.75) is 13.8 Å². The van der Waals surface area contributed by atoms with Crippen molar-refractivity contribution in [2.24, 2.45) is 0 Å². The average Bonchev–Trinajstić information content (AvgIpc) is 2.91. The highest BCUT2D eigenvalue weighted by Gasteiger charge is 2.08. The van der Waals surface area contributed by atoms with Crippen molar-refractivity contribution in [1.82, 2.24) is 9.97 Å². The first-order valence-corrected chi connectivity index (χ1v) is 7.32. The minimum Gasteiger partial charge on any atom is -0.357 e. The Hall–Kier alpha value is -2.14. The minimum atomic E-state index is 0.631. The fourth-order valence-corrected chi connectivity index (χ4v) is 2.78. The van der Waals surface area contributed by atoms with Gasteiger partial charge in [-0.05, 0) is 48.6 Å². The molecule has 0 bridgehead atoms. The summed E-state index contributed by atoms with van der Waals surface area (Å²) in [5.74, 6) is 1.47. The molecule has 3 rings (SSSR count). The molecule has 4 nitrogen and oxygen atoms in total. The van der Waals surface area contributed by atoms with E-state index in [1.165, 1.54) is 11.1 Å². The van der Waals surface area contributed by atoms with Gasteiger partial charge in [0.1, 0.15) is 10.6 Å². The smallest absolute Gasteiger partial charge is 0.225 e. The summed E-state index contributed by atoms with van der Waals surface area (Å²) >= 11 is 1.62. The van der Waals surface area contributed by atoms with Crippen LogP contribution in [-0.2, 0) is 0 Å². The van der Waals surface area contributed by atoms with Gasteiger partial charge in [-0.25, -0.2) is 4.98 Å². The van der Waals surface area contributed by atoms with Crippen LogP contribution in [0.4, 0.5) is 17.5 Å². The number of anilines is 3. The summed E-state index contributed by atoms with van der Waals surface area (Å²) in [6.45, 7) is 4.22. The van der Waals surface area contributed by atoms with Crippen LogP contribution in [0.5, 0.6) is 0 Å². The van der Waals surface area contributed by atoms with Crippen molar-refractivity contribution in [1.29, 1.82) is 0 Å². The van der Waals surface area contributed by atoms with Gasteiger partial charge in [0, 0.05) is 12.7 Å². The lowest BCUT2D eigenvalue weighted by atomic mass is 10.1. The number of aryl methyl sites for hydroxylation is 2. The van der Waals surface area contributed by atoms with E-state index in [1.54, 1.807) is 11.3 Å². The Labute approximate surface area is 121 Å². The summed E-state index contributed by atoms with van der Waals surface area (Å²) in [5.41, 5.74) is 3.59. The molecule has 0 aliphatic heterocycles. The van der Waals surface area contributed by atoms with Gasteiger partial charge in [-0.15, -0.1) is 11.3 Å². The Bertz CT molecular complexity index is 764. The molecule has 0 amide bonds. The lowest BCUT2D eigenvalue weighted by molar-refractivity contribution is 1.20. The number of aromatic nitrogens is 2. The van der Waals surface area contributed by atoms with Gasteiger partial charge < -0.3 is 10.6 Å². The molecule has 0 aliphatic rings. The third-order valence-electron chi connectivity index (χ3n) is 3.32.